The van der Waals surface area contributed by atoms with Crippen molar-refractivity contribution < 1.29 is 13.9 Å². The van der Waals surface area contributed by atoms with E-state index in [1.165, 1.54) is 28.4 Å². The number of carbonyl (C=O) groups is 1. The van der Waals surface area contributed by atoms with Crippen LogP contribution in [0.3, 0.4) is 0 Å². The fourth-order valence-electron chi connectivity index (χ4n) is 3.88. The number of hydrogen-bond donors (Lipinski definition) is 1. The van der Waals surface area contributed by atoms with Crippen molar-refractivity contribution >= 4 is 59.6 Å². The summed E-state index contributed by atoms with van der Waals surface area (Å²) >= 11 is 2.19. The molecular weight excluding hydrogens is 580 g/mol. The molecule has 10 heteroatoms. The Kier molecular flexibility index (Phi) is 9.96. The van der Waals surface area contributed by atoms with Crippen LogP contribution in [-0.4, -0.2) is 52.7 Å². The van der Waals surface area contributed by atoms with Crippen molar-refractivity contribution in [1.82, 2.24) is 13.9 Å². The zero-order valence-electron chi connectivity index (χ0n) is 19.9. The summed E-state index contributed by atoms with van der Waals surface area (Å²) in [6.07, 6.45) is 7.90. The van der Waals surface area contributed by atoms with Crippen molar-refractivity contribution in [1.29, 1.82) is 0 Å². The number of amides is 1. The number of allylic oxidation sites excluding steroid dienone is 1. The van der Waals surface area contributed by atoms with Crippen LogP contribution in [0, 0.1) is 5.82 Å². The highest BCUT2D eigenvalue weighted by Crippen LogP contribution is 2.35. The number of likely N-dealkylation sites (tertiary alicyclic amines) is 1. The van der Waals surface area contributed by atoms with Gasteiger partial charge in [0.2, 0.25) is 6.41 Å². The van der Waals surface area contributed by atoms with Crippen LogP contribution in [0.25, 0.3) is 27.7 Å². The summed E-state index contributed by atoms with van der Waals surface area (Å²) in [5.74, 6) is -0.0585. The van der Waals surface area contributed by atoms with E-state index in [1.54, 1.807) is 23.4 Å². The fourth-order valence-corrected chi connectivity index (χ4v) is 5.13. The predicted octanol–water partition coefficient (Wildman–Crippen LogP) is 5.68. The van der Waals surface area contributed by atoms with Gasteiger partial charge in [0.05, 0.1) is 18.7 Å². The summed E-state index contributed by atoms with van der Waals surface area (Å²) in [5.41, 5.74) is 9.97. The maximum atomic E-state index is 13.9. The standard InChI is InChI=1S/C23H23FIN5O2S.C2H6/c1-32-22(26)20(12-27-18-5-7-29(14-31)8-6-18)16-10-19-21(15-3-2-4-17(24)9-15)13-30(33-25)23(19)28-11-16;1-2/h2-4,9-14,18H,5-8,26H2,1H3;1-2H3/b22-20-,27-12?;. The fraction of sp³-hybridized carbons (Fsp3) is 0.320. The zero-order valence-corrected chi connectivity index (χ0v) is 22.9. The van der Waals surface area contributed by atoms with E-state index in [9.17, 15) is 9.18 Å². The maximum Gasteiger partial charge on any atom is 0.209 e. The minimum absolute atomic E-state index is 0.108. The van der Waals surface area contributed by atoms with E-state index in [4.69, 9.17) is 15.5 Å². The number of ether oxygens (including phenoxy) is 1. The number of aliphatic imine (C=N–C) groups is 1. The van der Waals surface area contributed by atoms with E-state index < -0.39 is 0 Å². The number of pyridine rings is 1. The van der Waals surface area contributed by atoms with Crippen LogP contribution in [-0.2, 0) is 9.53 Å². The second kappa shape index (κ2) is 12.9. The Morgan fingerprint density at radius 2 is 2.06 bits per heavy atom. The first-order valence-electron chi connectivity index (χ1n) is 11.4. The molecule has 1 fully saturated rings. The summed E-state index contributed by atoms with van der Waals surface area (Å²) in [7, 11) is 3.00. The molecule has 0 unspecified atom stereocenters. The Hall–Kier alpha value is -2.60. The van der Waals surface area contributed by atoms with Gasteiger partial charge in [0.15, 0.2) is 11.5 Å². The number of methoxy groups -OCH3 is 1. The van der Waals surface area contributed by atoms with E-state index in [0.717, 1.165) is 47.0 Å². The average molecular weight is 610 g/mol. The van der Waals surface area contributed by atoms with Crippen LogP contribution in [0.2, 0.25) is 0 Å². The Labute approximate surface area is 221 Å². The first kappa shape index (κ1) is 27.0. The van der Waals surface area contributed by atoms with Gasteiger partial charge in [-0.1, -0.05) is 26.0 Å². The van der Waals surface area contributed by atoms with Crippen LogP contribution >= 0.6 is 30.3 Å². The minimum Gasteiger partial charge on any atom is -0.482 e. The number of nitrogens with two attached hydrogens (primary N) is 1. The molecule has 1 aliphatic heterocycles. The van der Waals surface area contributed by atoms with Gasteiger partial charge in [-0.25, -0.2) is 9.37 Å². The van der Waals surface area contributed by atoms with E-state index in [-0.39, 0.29) is 17.7 Å². The number of hydrogen-bond acceptors (Lipinski definition) is 6. The lowest BCUT2D eigenvalue weighted by molar-refractivity contribution is -0.119. The molecule has 0 aliphatic carbocycles. The molecule has 186 valence electrons. The minimum atomic E-state index is -0.295. The maximum absolute atomic E-state index is 13.9. The van der Waals surface area contributed by atoms with E-state index in [0.29, 0.717) is 18.7 Å². The smallest absolute Gasteiger partial charge is 0.209 e. The average Bonchev–Trinajstić information content (AvgIpc) is 3.28. The number of halogens is 2. The zero-order chi connectivity index (χ0) is 25.4. The van der Waals surface area contributed by atoms with Crippen LogP contribution in [0.15, 0.2) is 53.6 Å². The molecular formula is C25H29FIN5O2S. The first-order chi connectivity index (χ1) is 17.0. The van der Waals surface area contributed by atoms with Crippen LogP contribution in [0.1, 0.15) is 32.3 Å². The Morgan fingerprint density at radius 1 is 1.31 bits per heavy atom. The van der Waals surface area contributed by atoms with Gasteiger partial charge in [-0.3, -0.25) is 13.8 Å². The molecule has 0 atom stereocenters. The van der Waals surface area contributed by atoms with E-state index in [1.807, 2.05) is 36.1 Å². The van der Waals surface area contributed by atoms with Crippen molar-refractivity contribution in [2.24, 2.45) is 10.7 Å². The number of piperidine rings is 1. The lowest BCUT2D eigenvalue weighted by Gasteiger charge is -2.26. The summed E-state index contributed by atoms with van der Waals surface area (Å²) in [6.45, 7) is 5.38. The summed E-state index contributed by atoms with van der Waals surface area (Å²) in [5, 5.41) is 0.872. The predicted molar refractivity (Wildman–Crippen MR) is 151 cm³/mol. The lowest BCUT2D eigenvalue weighted by atomic mass is 10.0. The number of fused-ring (bicyclic) bond motifs is 1. The van der Waals surface area contributed by atoms with Crippen molar-refractivity contribution in [3.8, 4) is 11.1 Å². The van der Waals surface area contributed by atoms with Crippen LogP contribution in [0.5, 0.6) is 0 Å². The van der Waals surface area contributed by atoms with Gasteiger partial charge in [-0.15, -0.1) is 0 Å². The Balaban J connectivity index is 0.00000167. The molecule has 0 saturated carbocycles. The highest BCUT2D eigenvalue weighted by Gasteiger charge is 2.18. The third kappa shape index (κ3) is 6.35. The van der Waals surface area contributed by atoms with Crippen molar-refractivity contribution in [2.75, 3.05) is 20.2 Å². The highest BCUT2D eigenvalue weighted by atomic mass is 127. The lowest BCUT2D eigenvalue weighted by Crippen LogP contribution is -2.34. The SMILES string of the molecule is CC.CO/C(N)=C(/C=NC1CCN(C=O)CC1)c1cnc2c(c1)c(-c1cccc(F)c1)cn2SI. The third-order valence-corrected chi connectivity index (χ3v) is 7.38. The number of benzene rings is 1. The molecule has 4 rings (SSSR count). The molecule has 1 saturated heterocycles. The first-order valence-corrected chi connectivity index (χ1v) is 14.7. The summed E-state index contributed by atoms with van der Waals surface area (Å²) in [4.78, 5) is 22.1. The molecule has 0 bridgehead atoms. The van der Waals surface area contributed by atoms with Gasteiger partial charge in [-0.05, 0) is 36.6 Å². The van der Waals surface area contributed by atoms with Gasteiger partial charge in [0.25, 0.3) is 0 Å². The van der Waals surface area contributed by atoms with Gasteiger partial charge in [0.1, 0.15) is 5.82 Å². The quantitative estimate of drug-likeness (QED) is 0.161. The largest absolute Gasteiger partial charge is 0.482 e. The number of aromatic nitrogens is 2. The van der Waals surface area contributed by atoms with Gasteiger partial charge in [-0.2, -0.15) is 0 Å². The van der Waals surface area contributed by atoms with Gasteiger partial charge >= 0.3 is 0 Å². The Morgan fingerprint density at radius 3 is 2.69 bits per heavy atom. The second-order valence-corrected chi connectivity index (χ2v) is 9.39. The summed E-state index contributed by atoms with van der Waals surface area (Å²) in [6, 6.07) is 8.59. The highest BCUT2D eigenvalue weighted by molar-refractivity contribution is 14.2. The topological polar surface area (TPSA) is 85.7 Å². The molecule has 2 aromatic heterocycles. The molecule has 1 aromatic carbocycles. The van der Waals surface area contributed by atoms with Gasteiger partial charge < -0.3 is 15.4 Å². The number of nitrogens with zero attached hydrogens (tertiary/aromatic N) is 4. The normalized spacial score (nSPS) is 15.1. The van der Waals surface area contributed by atoms with E-state index >= 15 is 0 Å². The molecule has 35 heavy (non-hydrogen) atoms. The second-order valence-electron chi connectivity index (χ2n) is 7.68. The summed E-state index contributed by atoms with van der Waals surface area (Å²) < 4.78 is 21.2. The molecule has 3 aromatic rings. The van der Waals surface area contributed by atoms with Crippen molar-refractivity contribution in [3.63, 3.8) is 0 Å². The third-order valence-electron chi connectivity index (χ3n) is 5.68. The van der Waals surface area contributed by atoms with Crippen molar-refractivity contribution in [2.45, 2.75) is 32.7 Å². The Bertz CT molecular complexity index is 1220. The molecule has 1 aliphatic rings. The molecule has 3 heterocycles. The number of carbonyl (C=O) groups excluding carboxylic acids is 1. The molecule has 0 spiro atoms. The number of rotatable bonds is 7. The monoisotopic (exact) mass is 609 g/mol. The molecule has 2 N–H and O–H groups in total. The van der Waals surface area contributed by atoms with Crippen LogP contribution in [0.4, 0.5) is 4.39 Å². The van der Waals surface area contributed by atoms with Gasteiger partial charge in [0, 0.05) is 78.5 Å². The molecule has 7 nitrogen and oxygen atoms in total. The van der Waals surface area contributed by atoms with E-state index in [2.05, 4.69) is 26.2 Å². The van der Waals surface area contributed by atoms with Crippen molar-refractivity contribution in [3.05, 3.63) is 60.0 Å². The van der Waals surface area contributed by atoms with Crippen LogP contribution < -0.4 is 5.73 Å². The molecule has 1 amide bonds. The molecule has 0 radical (unpaired) electrons.